The summed E-state index contributed by atoms with van der Waals surface area (Å²) in [6.07, 6.45) is -1.67. The summed E-state index contributed by atoms with van der Waals surface area (Å²) in [6, 6.07) is 15.5. The van der Waals surface area contributed by atoms with Gasteiger partial charge in [-0.05, 0) is 31.2 Å². The van der Waals surface area contributed by atoms with Crippen LogP contribution in [0.5, 0.6) is 5.75 Å². The summed E-state index contributed by atoms with van der Waals surface area (Å²) < 4.78 is 5.51. The molecular weight excluding hydrogens is 328 g/mol. The average Bonchev–Trinajstić information content (AvgIpc) is 2.59. The molecular formula is C18H17ClN2O3. The monoisotopic (exact) mass is 344 g/mol. The van der Waals surface area contributed by atoms with Gasteiger partial charge in [0.05, 0.1) is 17.7 Å². The Morgan fingerprint density at radius 1 is 1.33 bits per heavy atom. The van der Waals surface area contributed by atoms with Gasteiger partial charge in [0, 0.05) is 17.1 Å². The van der Waals surface area contributed by atoms with E-state index in [4.69, 9.17) is 21.6 Å². The zero-order valence-electron chi connectivity index (χ0n) is 13.1. The molecule has 124 valence electrons. The number of aliphatic hydroxyl groups is 1. The second kappa shape index (κ2) is 8.34. The van der Waals surface area contributed by atoms with E-state index in [0.717, 1.165) is 0 Å². The molecule has 1 amide bonds. The fourth-order valence-corrected chi connectivity index (χ4v) is 2.35. The summed E-state index contributed by atoms with van der Waals surface area (Å²) >= 11 is 6.01. The molecule has 2 atom stereocenters. The Balaban J connectivity index is 1.90. The second-order valence-electron chi connectivity index (χ2n) is 5.18. The Morgan fingerprint density at radius 2 is 2.08 bits per heavy atom. The largest absolute Gasteiger partial charge is 0.481 e. The Morgan fingerprint density at radius 3 is 2.79 bits per heavy atom. The third kappa shape index (κ3) is 4.72. The molecule has 0 aliphatic heterocycles. The van der Waals surface area contributed by atoms with Crippen LogP contribution in [0, 0.1) is 11.3 Å². The highest BCUT2D eigenvalue weighted by Crippen LogP contribution is 2.22. The van der Waals surface area contributed by atoms with Crippen LogP contribution < -0.4 is 10.1 Å². The van der Waals surface area contributed by atoms with Gasteiger partial charge < -0.3 is 15.2 Å². The first kappa shape index (κ1) is 17.8. The Labute approximate surface area is 145 Å². The van der Waals surface area contributed by atoms with Crippen molar-refractivity contribution in [2.24, 2.45) is 0 Å². The number of benzene rings is 2. The molecule has 0 saturated carbocycles. The first-order valence-corrected chi connectivity index (χ1v) is 7.76. The lowest BCUT2D eigenvalue weighted by atomic mass is 10.1. The van der Waals surface area contributed by atoms with Gasteiger partial charge in [0.15, 0.2) is 6.10 Å². The van der Waals surface area contributed by atoms with Crippen molar-refractivity contribution in [2.45, 2.75) is 19.1 Å². The number of carbonyl (C=O) groups is 1. The molecule has 0 bridgehead atoms. The lowest BCUT2D eigenvalue weighted by Crippen LogP contribution is -2.38. The smallest absolute Gasteiger partial charge is 0.260 e. The van der Waals surface area contributed by atoms with Crippen LogP contribution in [0.3, 0.4) is 0 Å². The van der Waals surface area contributed by atoms with Crippen LogP contribution in [-0.2, 0) is 4.79 Å². The third-order valence-corrected chi connectivity index (χ3v) is 3.72. The average molecular weight is 345 g/mol. The van der Waals surface area contributed by atoms with Gasteiger partial charge in [-0.25, -0.2) is 0 Å². The molecule has 2 rings (SSSR count). The van der Waals surface area contributed by atoms with Gasteiger partial charge in [0.25, 0.3) is 5.91 Å². The van der Waals surface area contributed by atoms with E-state index >= 15 is 0 Å². The molecule has 0 aliphatic rings. The van der Waals surface area contributed by atoms with Gasteiger partial charge in [-0.3, -0.25) is 4.79 Å². The highest BCUT2D eigenvalue weighted by Gasteiger charge is 2.17. The quantitative estimate of drug-likeness (QED) is 0.844. The number of nitrogens with zero attached hydrogens (tertiary/aromatic N) is 1. The maximum Gasteiger partial charge on any atom is 0.260 e. The van der Waals surface area contributed by atoms with Crippen LogP contribution in [0.15, 0.2) is 48.5 Å². The number of amides is 1. The first-order valence-electron chi connectivity index (χ1n) is 7.38. The van der Waals surface area contributed by atoms with E-state index in [9.17, 15) is 9.90 Å². The van der Waals surface area contributed by atoms with E-state index in [1.807, 2.05) is 6.07 Å². The number of halogens is 1. The minimum atomic E-state index is -0.906. The summed E-state index contributed by atoms with van der Waals surface area (Å²) in [5, 5.41) is 22.0. The van der Waals surface area contributed by atoms with E-state index in [0.29, 0.717) is 21.9 Å². The van der Waals surface area contributed by atoms with Crippen LogP contribution in [0.1, 0.15) is 24.2 Å². The van der Waals surface area contributed by atoms with E-state index in [2.05, 4.69) is 5.32 Å². The number of nitrogens with one attached hydrogen (secondary N) is 1. The first-order chi connectivity index (χ1) is 11.5. The maximum absolute atomic E-state index is 12.1. The molecule has 2 unspecified atom stereocenters. The van der Waals surface area contributed by atoms with Crippen molar-refractivity contribution in [3.05, 3.63) is 64.7 Å². The topological polar surface area (TPSA) is 82.3 Å². The second-order valence-corrected chi connectivity index (χ2v) is 5.59. The predicted octanol–water partition coefficient (Wildman–Crippen LogP) is 2.83. The molecule has 0 aromatic heterocycles. The van der Waals surface area contributed by atoms with Crippen molar-refractivity contribution in [1.29, 1.82) is 5.26 Å². The van der Waals surface area contributed by atoms with Gasteiger partial charge in [-0.1, -0.05) is 35.9 Å². The lowest BCUT2D eigenvalue weighted by Gasteiger charge is -2.17. The Bertz CT molecular complexity index is 758. The van der Waals surface area contributed by atoms with Crippen molar-refractivity contribution in [1.82, 2.24) is 5.32 Å². The van der Waals surface area contributed by atoms with Crippen molar-refractivity contribution < 1.29 is 14.6 Å². The van der Waals surface area contributed by atoms with Gasteiger partial charge in [0.2, 0.25) is 0 Å². The van der Waals surface area contributed by atoms with Crippen molar-refractivity contribution in [3.8, 4) is 11.8 Å². The van der Waals surface area contributed by atoms with E-state index < -0.39 is 12.2 Å². The van der Waals surface area contributed by atoms with E-state index in [1.165, 1.54) is 0 Å². The predicted molar refractivity (Wildman–Crippen MR) is 90.7 cm³/mol. The zero-order valence-corrected chi connectivity index (χ0v) is 13.8. The number of ether oxygens (including phenoxy) is 1. The van der Waals surface area contributed by atoms with Crippen molar-refractivity contribution in [3.63, 3.8) is 0 Å². The standard InChI is InChI=1S/C18H17ClN2O3/c1-12(24-14-6-4-5-13(9-14)10-20)18(23)21-11-17(22)15-7-2-3-8-16(15)19/h2-9,12,17,22H,11H2,1H3,(H,21,23). The molecule has 6 heteroatoms. The van der Waals surface area contributed by atoms with Gasteiger partial charge in [0.1, 0.15) is 5.75 Å². The third-order valence-electron chi connectivity index (χ3n) is 3.38. The number of hydrogen-bond donors (Lipinski definition) is 2. The molecule has 0 spiro atoms. The van der Waals surface area contributed by atoms with Crippen LogP contribution >= 0.6 is 11.6 Å². The van der Waals surface area contributed by atoms with E-state index in [-0.39, 0.29) is 12.5 Å². The molecule has 2 N–H and O–H groups in total. The molecule has 2 aromatic rings. The van der Waals surface area contributed by atoms with Gasteiger partial charge >= 0.3 is 0 Å². The fourth-order valence-electron chi connectivity index (χ4n) is 2.09. The number of hydrogen-bond acceptors (Lipinski definition) is 4. The molecule has 0 aliphatic carbocycles. The summed E-state index contributed by atoms with van der Waals surface area (Å²) in [5.41, 5.74) is 1.00. The van der Waals surface area contributed by atoms with Crippen molar-refractivity contribution in [2.75, 3.05) is 6.54 Å². The number of carbonyl (C=O) groups excluding carboxylic acids is 1. The maximum atomic E-state index is 12.1. The van der Waals surface area contributed by atoms with Crippen molar-refractivity contribution >= 4 is 17.5 Å². The molecule has 5 nitrogen and oxygen atoms in total. The summed E-state index contributed by atoms with van der Waals surface area (Å²) in [7, 11) is 0. The van der Waals surface area contributed by atoms with Crippen LogP contribution in [-0.4, -0.2) is 23.7 Å². The normalized spacial score (nSPS) is 12.8. The van der Waals surface area contributed by atoms with E-state index in [1.54, 1.807) is 55.5 Å². The zero-order chi connectivity index (χ0) is 17.5. The summed E-state index contributed by atoms with van der Waals surface area (Å²) in [5.74, 6) is 0.0619. The number of aliphatic hydroxyl groups excluding tert-OH is 1. The number of rotatable bonds is 6. The van der Waals surface area contributed by atoms with Gasteiger partial charge in [-0.2, -0.15) is 5.26 Å². The SMILES string of the molecule is CC(Oc1cccc(C#N)c1)C(=O)NCC(O)c1ccccc1Cl. The summed E-state index contributed by atoms with van der Waals surface area (Å²) in [6.45, 7) is 1.62. The molecule has 0 saturated heterocycles. The Kier molecular flexibility index (Phi) is 6.19. The van der Waals surface area contributed by atoms with Crippen LogP contribution in [0.25, 0.3) is 0 Å². The lowest BCUT2D eigenvalue weighted by molar-refractivity contribution is -0.127. The summed E-state index contributed by atoms with van der Waals surface area (Å²) in [4.78, 5) is 12.1. The minimum absolute atomic E-state index is 0.0223. The highest BCUT2D eigenvalue weighted by molar-refractivity contribution is 6.31. The Hall–Kier alpha value is -2.55. The molecule has 0 radical (unpaired) electrons. The molecule has 0 fully saturated rings. The highest BCUT2D eigenvalue weighted by atomic mass is 35.5. The molecule has 0 heterocycles. The van der Waals surface area contributed by atoms with Crippen LogP contribution in [0.2, 0.25) is 5.02 Å². The fraction of sp³-hybridized carbons (Fsp3) is 0.222. The van der Waals surface area contributed by atoms with Crippen LogP contribution in [0.4, 0.5) is 0 Å². The number of nitriles is 1. The van der Waals surface area contributed by atoms with Gasteiger partial charge in [-0.15, -0.1) is 0 Å². The minimum Gasteiger partial charge on any atom is -0.481 e. The molecule has 24 heavy (non-hydrogen) atoms. The molecule has 2 aromatic carbocycles.